The Balaban J connectivity index is 1.67. The molecule has 0 atom stereocenters. The Kier molecular flexibility index (Phi) is 3.69. The maximum atomic E-state index is 12.4. The van der Waals surface area contributed by atoms with E-state index in [2.05, 4.69) is 9.97 Å². The molecular weight excluding hydrogens is 328 g/mol. The summed E-state index contributed by atoms with van der Waals surface area (Å²) < 4.78 is 5.65. The molecule has 0 amide bonds. The smallest absolute Gasteiger partial charge is 0.260 e. The highest BCUT2D eigenvalue weighted by Crippen LogP contribution is 2.33. The van der Waals surface area contributed by atoms with E-state index in [4.69, 9.17) is 4.74 Å². The number of ether oxygens (including phenoxy) is 1. The summed E-state index contributed by atoms with van der Waals surface area (Å²) in [5.74, 6) is 1.28. The molecule has 0 saturated heterocycles. The molecule has 4 aromatic rings. The fourth-order valence-electron chi connectivity index (χ4n) is 2.34. The summed E-state index contributed by atoms with van der Waals surface area (Å²) >= 11 is 3.10. The van der Waals surface area contributed by atoms with Crippen molar-refractivity contribution in [2.24, 2.45) is 0 Å². The van der Waals surface area contributed by atoms with Crippen LogP contribution in [-0.2, 0) is 6.61 Å². The monoisotopic (exact) mass is 340 g/mol. The summed E-state index contributed by atoms with van der Waals surface area (Å²) in [6, 6.07) is 13.5. The van der Waals surface area contributed by atoms with Crippen LogP contribution in [0.5, 0.6) is 5.75 Å². The number of nitrogens with one attached hydrogen (secondary N) is 1. The van der Waals surface area contributed by atoms with Crippen LogP contribution in [0.15, 0.2) is 58.0 Å². The second kappa shape index (κ2) is 5.98. The van der Waals surface area contributed by atoms with Crippen molar-refractivity contribution in [2.45, 2.75) is 6.61 Å². The number of H-pyrrole nitrogens is 1. The van der Waals surface area contributed by atoms with Crippen molar-refractivity contribution in [1.82, 2.24) is 9.97 Å². The lowest BCUT2D eigenvalue weighted by atomic mass is 10.2. The minimum absolute atomic E-state index is 0.119. The number of thiophene rings is 2. The number of aromatic nitrogens is 2. The Hall–Kier alpha value is -2.44. The van der Waals surface area contributed by atoms with Gasteiger partial charge in [-0.05, 0) is 23.6 Å². The molecule has 1 aromatic carbocycles. The van der Waals surface area contributed by atoms with Gasteiger partial charge in [0.05, 0.1) is 5.39 Å². The van der Waals surface area contributed by atoms with Gasteiger partial charge in [-0.25, -0.2) is 4.98 Å². The lowest BCUT2D eigenvalue weighted by Gasteiger charge is -2.05. The van der Waals surface area contributed by atoms with Crippen LogP contribution < -0.4 is 10.3 Å². The molecule has 0 radical (unpaired) electrons. The van der Waals surface area contributed by atoms with Gasteiger partial charge in [0.25, 0.3) is 5.56 Å². The van der Waals surface area contributed by atoms with E-state index < -0.39 is 0 Å². The number of aromatic amines is 1. The van der Waals surface area contributed by atoms with E-state index in [-0.39, 0.29) is 12.2 Å². The number of nitrogens with zero attached hydrogens (tertiary/aromatic N) is 1. The molecule has 0 spiro atoms. The molecule has 0 unspecified atom stereocenters. The first kappa shape index (κ1) is 14.2. The summed E-state index contributed by atoms with van der Waals surface area (Å²) in [6.45, 7) is 0.238. The van der Waals surface area contributed by atoms with Crippen molar-refractivity contribution in [2.75, 3.05) is 0 Å². The third-order valence-corrected chi connectivity index (χ3v) is 5.17. The highest BCUT2D eigenvalue weighted by Gasteiger charge is 2.13. The molecule has 0 saturated carbocycles. The third kappa shape index (κ3) is 2.78. The van der Waals surface area contributed by atoms with E-state index in [1.54, 1.807) is 11.3 Å². The van der Waals surface area contributed by atoms with Crippen LogP contribution in [0.3, 0.4) is 0 Å². The van der Waals surface area contributed by atoms with Crippen LogP contribution in [0.1, 0.15) is 5.82 Å². The van der Waals surface area contributed by atoms with Crippen molar-refractivity contribution in [3.63, 3.8) is 0 Å². The molecule has 4 nitrogen and oxygen atoms in total. The standard InChI is InChI=1S/C17H12N2O2S2/c20-16-15-12(13-7-4-8-22-13)10-23-17(15)19-14(18-16)9-21-11-5-2-1-3-6-11/h1-8,10H,9H2,(H,18,19,20). The van der Waals surface area contributed by atoms with Crippen LogP contribution >= 0.6 is 22.7 Å². The summed E-state index contributed by atoms with van der Waals surface area (Å²) in [5, 5.41) is 4.64. The second-order valence-electron chi connectivity index (χ2n) is 4.92. The number of rotatable bonds is 4. The zero-order valence-corrected chi connectivity index (χ0v) is 13.6. The Bertz CT molecular complexity index is 989. The van der Waals surface area contributed by atoms with Gasteiger partial charge in [0.2, 0.25) is 0 Å². The number of hydrogen-bond acceptors (Lipinski definition) is 5. The van der Waals surface area contributed by atoms with Crippen molar-refractivity contribution in [3.05, 3.63) is 69.4 Å². The number of hydrogen-bond donors (Lipinski definition) is 1. The average molecular weight is 340 g/mol. The van der Waals surface area contributed by atoms with Crippen LogP contribution in [-0.4, -0.2) is 9.97 Å². The quantitative estimate of drug-likeness (QED) is 0.603. The fourth-order valence-corrected chi connectivity index (χ4v) is 4.12. The number of para-hydroxylation sites is 1. The molecule has 0 fully saturated rings. The van der Waals surface area contributed by atoms with Gasteiger partial charge in [-0.3, -0.25) is 4.79 Å². The molecule has 6 heteroatoms. The summed E-state index contributed by atoms with van der Waals surface area (Å²) in [6.07, 6.45) is 0. The topological polar surface area (TPSA) is 55.0 Å². The first-order valence-corrected chi connectivity index (χ1v) is 8.79. The molecule has 3 heterocycles. The maximum Gasteiger partial charge on any atom is 0.260 e. The highest BCUT2D eigenvalue weighted by molar-refractivity contribution is 7.18. The van der Waals surface area contributed by atoms with Crippen LogP contribution in [0.25, 0.3) is 20.7 Å². The zero-order chi connectivity index (χ0) is 15.6. The van der Waals surface area contributed by atoms with Gasteiger partial charge in [-0.15, -0.1) is 22.7 Å². The third-order valence-electron chi connectivity index (χ3n) is 3.40. The molecule has 3 aromatic heterocycles. The van der Waals surface area contributed by atoms with Gasteiger partial charge in [-0.1, -0.05) is 24.3 Å². The summed E-state index contributed by atoms with van der Waals surface area (Å²) in [7, 11) is 0. The Morgan fingerprint density at radius 3 is 2.74 bits per heavy atom. The SMILES string of the molecule is O=c1[nH]c(COc2ccccc2)nc2scc(-c3cccs3)c12. The molecule has 1 N–H and O–H groups in total. The zero-order valence-electron chi connectivity index (χ0n) is 12.0. The normalized spacial score (nSPS) is 11.0. The lowest BCUT2D eigenvalue weighted by molar-refractivity contribution is 0.296. The van der Waals surface area contributed by atoms with Crippen LogP contribution in [0.2, 0.25) is 0 Å². The van der Waals surface area contributed by atoms with Crippen molar-refractivity contribution >= 4 is 32.9 Å². The summed E-state index contributed by atoms with van der Waals surface area (Å²) in [4.78, 5) is 21.6. The summed E-state index contributed by atoms with van der Waals surface area (Å²) in [5.41, 5.74) is 0.829. The van der Waals surface area contributed by atoms with Gasteiger partial charge in [0.1, 0.15) is 23.0 Å². The van der Waals surface area contributed by atoms with Gasteiger partial charge in [0, 0.05) is 15.8 Å². The Morgan fingerprint density at radius 2 is 1.96 bits per heavy atom. The Morgan fingerprint density at radius 1 is 1.09 bits per heavy atom. The second-order valence-corrected chi connectivity index (χ2v) is 6.73. The van der Waals surface area contributed by atoms with E-state index in [0.717, 1.165) is 21.0 Å². The maximum absolute atomic E-state index is 12.4. The average Bonchev–Trinajstić information content (AvgIpc) is 3.23. The van der Waals surface area contributed by atoms with Crippen molar-refractivity contribution < 1.29 is 4.74 Å². The van der Waals surface area contributed by atoms with E-state index in [1.807, 2.05) is 53.2 Å². The van der Waals surface area contributed by atoms with E-state index >= 15 is 0 Å². The predicted octanol–water partition coefficient (Wildman–Crippen LogP) is 4.29. The molecule has 23 heavy (non-hydrogen) atoms. The van der Waals surface area contributed by atoms with Crippen molar-refractivity contribution in [3.8, 4) is 16.2 Å². The molecule has 0 aliphatic rings. The lowest BCUT2D eigenvalue weighted by Crippen LogP contribution is -2.13. The highest BCUT2D eigenvalue weighted by atomic mass is 32.1. The molecule has 0 bridgehead atoms. The first-order valence-electron chi connectivity index (χ1n) is 7.03. The van der Waals surface area contributed by atoms with Crippen molar-refractivity contribution in [1.29, 1.82) is 0 Å². The van der Waals surface area contributed by atoms with E-state index in [1.165, 1.54) is 11.3 Å². The minimum atomic E-state index is -0.119. The largest absolute Gasteiger partial charge is 0.486 e. The van der Waals surface area contributed by atoms with Gasteiger partial charge in [0.15, 0.2) is 0 Å². The Labute approximate surface area is 140 Å². The number of fused-ring (bicyclic) bond motifs is 1. The van der Waals surface area contributed by atoms with Gasteiger partial charge >= 0.3 is 0 Å². The number of benzene rings is 1. The molecule has 0 aliphatic heterocycles. The molecule has 4 rings (SSSR count). The van der Waals surface area contributed by atoms with Gasteiger partial charge in [-0.2, -0.15) is 0 Å². The molecule has 114 valence electrons. The predicted molar refractivity (Wildman–Crippen MR) is 94.3 cm³/mol. The minimum Gasteiger partial charge on any atom is -0.486 e. The fraction of sp³-hybridized carbons (Fsp3) is 0.0588. The molecule has 0 aliphatic carbocycles. The van der Waals surface area contributed by atoms with Crippen LogP contribution in [0.4, 0.5) is 0 Å². The van der Waals surface area contributed by atoms with Crippen LogP contribution in [0, 0.1) is 0 Å². The van der Waals surface area contributed by atoms with E-state index in [0.29, 0.717) is 11.2 Å². The van der Waals surface area contributed by atoms with Gasteiger partial charge < -0.3 is 9.72 Å². The molecular formula is C17H12N2O2S2. The van der Waals surface area contributed by atoms with E-state index in [9.17, 15) is 4.79 Å². The first-order chi connectivity index (χ1) is 11.3.